The molecule has 16 heavy (non-hydrogen) atoms. The van der Waals surface area contributed by atoms with Gasteiger partial charge in [-0.15, -0.1) is 0 Å². The Morgan fingerprint density at radius 3 is 1.69 bits per heavy atom. The third-order valence-electron chi connectivity index (χ3n) is 3.94. The van der Waals surface area contributed by atoms with E-state index >= 15 is 0 Å². The van der Waals surface area contributed by atoms with Gasteiger partial charge in [0.2, 0.25) is 0 Å². The molecule has 0 aromatic heterocycles. The minimum atomic E-state index is 0.384. The van der Waals surface area contributed by atoms with Gasteiger partial charge in [-0.1, -0.05) is 51.4 Å². The standard InChI is InChI=1S/C14H30N2/c1-16(2)14-12-10-8-6-4-3-5-7-9-11-13(14)15/h13-14H,3-12,15H2,1-2H3. The van der Waals surface area contributed by atoms with Crippen LogP contribution in [-0.4, -0.2) is 31.1 Å². The van der Waals surface area contributed by atoms with Crippen molar-refractivity contribution in [2.45, 2.75) is 76.3 Å². The Morgan fingerprint density at radius 1 is 0.750 bits per heavy atom. The molecule has 0 bridgehead atoms. The third kappa shape index (κ3) is 5.31. The molecule has 0 spiro atoms. The average Bonchev–Trinajstić information content (AvgIpc) is 2.22. The fourth-order valence-corrected chi connectivity index (χ4v) is 2.84. The van der Waals surface area contributed by atoms with Crippen molar-refractivity contribution in [3.63, 3.8) is 0 Å². The predicted octanol–water partition coefficient (Wildman–Crippen LogP) is 3.16. The van der Waals surface area contributed by atoms with Crippen LogP contribution in [0.25, 0.3) is 0 Å². The summed E-state index contributed by atoms with van der Waals surface area (Å²) in [5, 5.41) is 0. The largest absolute Gasteiger partial charge is 0.326 e. The van der Waals surface area contributed by atoms with Crippen molar-refractivity contribution in [3.05, 3.63) is 0 Å². The lowest BCUT2D eigenvalue weighted by Gasteiger charge is -2.30. The van der Waals surface area contributed by atoms with E-state index in [0.717, 1.165) is 0 Å². The minimum Gasteiger partial charge on any atom is -0.326 e. The number of hydrogen-bond donors (Lipinski definition) is 1. The van der Waals surface area contributed by atoms with Crippen LogP contribution in [0.4, 0.5) is 0 Å². The molecule has 1 fully saturated rings. The van der Waals surface area contributed by atoms with Crippen molar-refractivity contribution in [1.82, 2.24) is 4.90 Å². The molecule has 2 atom stereocenters. The van der Waals surface area contributed by atoms with Gasteiger partial charge in [0, 0.05) is 12.1 Å². The van der Waals surface area contributed by atoms with Crippen LogP contribution in [0.15, 0.2) is 0 Å². The number of hydrogen-bond acceptors (Lipinski definition) is 2. The van der Waals surface area contributed by atoms with Crippen LogP contribution in [-0.2, 0) is 0 Å². The second-order valence-electron chi connectivity index (χ2n) is 5.60. The highest BCUT2D eigenvalue weighted by atomic mass is 15.1. The molecule has 2 unspecified atom stereocenters. The summed E-state index contributed by atoms with van der Waals surface area (Å²) in [5.41, 5.74) is 6.32. The Morgan fingerprint density at radius 2 is 1.19 bits per heavy atom. The molecule has 0 aliphatic heterocycles. The lowest BCUT2D eigenvalue weighted by molar-refractivity contribution is 0.224. The van der Waals surface area contributed by atoms with Gasteiger partial charge in [0.15, 0.2) is 0 Å². The fourth-order valence-electron chi connectivity index (χ4n) is 2.84. The Bertz CT molecular complexity index is 168. The predicted molar refractivity (Wildman–Crippen MR) is 71.6 cm³/mol. The van der Waals surface area contributed by atoms with Crippen LogP contribution >= 0.6 is 0 Å². The van der Waals surface area contributed by atoms with Crippen molar-refractivity contribution in [1.29, 1.82) is 0 Å². The normalized spacial score (nSPS) is 30.8. The minimum absolute atomic E-state index is 0.384. The summed E-state index contributed by atoms with van der Waals surface area (Å²) >= 11 is 0. The second kappa shape index (κ2) is 8.08. The highest BCUT2D eigenvalue weighted by Crippen LogP contribution is 2.18. The molecule has 1 aliphatic rings. The van der Waals surface area contributed by atoms with Crippen molar-refractivity contribution < 1.29 is 0 Å². The molecule has 2 heteroatoms. The Labute approximate surface area is 102 Å². The van der Waals surface area contributed by atoms with Gasteiger partial charge in [0.1, 0.15) is 0 Å². The number of nitrogens with two attached hydrogens (primary N) is 1. The van der Waals surface area contributed by atoms with Gasteiger partial charge in [-0.2, -0.15) is 0 Å². The van der Waals surface area contributed by atoms with Gasteiger partial charge in [-0.25, -0.2) is 0 Å². The van der Waals surface area contributed by atoms with Crippen LogP contribution in [0.1, 0.15) is 64.2 Å². The summed E-state index contributed by atoms with van der Waals surface area (Å²) in [6, 6.07) is 0.980. The van der Waals surface area contributed by atoms with Crippen molar-refractivity contribution in [2.75, 3.05) is 14.1 Å². The van der Waals surface area contributed by atoms with Gasteiger partial charge in [-0.3, -0.25) is 0 Å². The van der Waals surface area contributed by atoms with Gasteiger partial charge in [-0.05, 0) is 26.9 Å². The van der Waals surface area contributed by atoms with E-state index in [-0.39, 0.29) is 0 Å². The second-order valence-corrected chi connectivity index (χ2v) is 5.60. The third-order valence-corrected chi connectivity index (χ3v) is 3.94. The molecule has 0 saturated heterocycles. The molecule has 1 rings (SSSR count). The van der Waals surface area contributed by atoms with Crippen molar-refractivity contribution in [3.8, 4) is 0 Å². The summed E-state index contributed by atoms with van der Waals surface area (Å²) in [4.78, 5) is 2.33. The summed E-state index contributed by atoms with van der Waals surface area (Å²) in [6.45, 7) is 0. The first-order valence-electron chi connectivity index (χ1n) is 7.14. The smallest absolute Gasteiger partial charge is 0.0241 e. The topological polar surface area (TPSA) is 29.3 Å². The number of rotatable bonds is 1. The van der Waals surface area contributed by atoms with Gasteiger partial charge in [0.05, 0.1) is 0 Å². The van der Waals surface area contributed by atoms with Crippen LogP contribution in [0.2, 0.25) is 0 Å². The number of nitrogens with zero attached hydrogens (tertiary/aromatic N) is 1. The maximum atomic E-state index is 6.32. The molecule has 1 saturated carbocycles. The summed E-state index contributed by atoms with van der Waals surface area (Å²) < 4.78 is 0. The maximum Gasteiger partial charge on any atom is 0.0241 e. The van der Waals surface area contributed by atoms with E-state index in [1.165, 1.54) is 64.2 Å². The van der Waals surface area contributed by atoms with E-state index in [9.17, 15) is 0 Å². The van der Waals surface area contributed by atoms with Gasteiger partial charge >= 0.3 is 0 Å². The Kier molecular flexibility index (Phi) is 7.06. The Hall–Kier alpha value is -0.0800. The quantitative estimate of drug-likeness (QED) is 0.744. The zero-order valence-corrected chi connectivity index (χ0v) is 11.3. The number of likely N-dealkylation sites (N-methyl/N-ethyl adjacent to an activating group) is 1. The molecule has 0 radical (unpaired) electrons. The zero-order valence-electron chi connectivity index (χ0n) is 11.3. The monoisotopic (exact) mass is 226 g/mol. The highest BCUT2D eigenvalue weighted by molar-refractivity contribution is 4.79. The molecule has 0 amide bonds. The lowest BCUT2D eigenvalue weighted by atomic mass is 9.94. The van der Waals surface area contributed by atoms with E-state index in [0.29, 0.717) is 12.1 Å². The molecule has 2 N–H and O–H groups in total. The van der Waals surface area contributed by atoms with E-state index < -0.39 is 0 Å². The molecule has 0 aromatic carbocycles. The van der Waals surface area contributed by atoms with Gasteiger partial charge in [0.25, 0.3) is 0 Å². The summed E-state index contributed by atoms with van der Waals surface area (Å²) in [6.07, 6.45) is 13.7. The summed E-state index contributed by atoms with van der Waals surface area (Å²) in [5.74, 6) is 0. The zero-order chi connectivity index (χ0) is 11.8. The van der Waals surface area contributed by atoms with E-state index in [1.807, 2.05) is 0 Å². The molecule has 0 aromatic rings. The van der Waals surface area contributed by atoms with Crippen LogP contribution in [0, 0.1) is 0 Å². The van der Waals surface area contributed by atoms with Crippen LogP contribution < -0.4 is 5.73 Å². The molecule has 2 nitrogen and oxygen atoms in total. The fraction of sp³-hybridized carbons (Fsp3) is 1.00. The first kappa shape index (κ1) is 14.0. The van der Waals surface area contributed by atoms with Crippen LogP contribution in [0.3, 0.4) is 0 Å². The Balaban J connectivity index is 2.40. The molecular weight excluding hydrogens is 196 g/mol. The lowest BCUT2D eigenvalue weighted by Crippen LogP contribution is -2.44. The van der Waals surface area contributed by atoms with Gasteiger partial charge < -0.3 is 10.6 Å². The summed E-state index contributed by atoms with van der Waals surface area (Å²) in [7, 11) is 4.35. The maximum absolute atomic E-state index is 6.32. The van der Waals surface area contributed by atoms with Crippen molar-refractivity contribution in [2.24, 2.45) is 5.73 Å². The van der Waals surface area contributed by atoms with Crippen LogP contribution in [0.5, 0.6) is 0 Å². The SMILES string of the molecule is CN(C)C1CCCCCCCCCCC1N. The molecule has 0 heterocycles. The van der Waals surface area contributed by atoms with E-state index in [1.54, 1.807) is 0 Å². The first-order chi connectivity index (χ1) is 7.72. The van der Waals surface area contributed by atoms with Crippen molar-refractivity contribution >= 4 is 0 Å². The van der Waals surface area contributed by atoms with E-state index in [4.69, 9.17) is 5.73 Å². The average molecular weight is 226 g/mol. The molecular formula is C14H30N2. The first-order valence-corrected chi connectivity index (χ1v) is 7.14. The molecule has 1 aliphatic carbocycles. The van der Waals surface area contributed by atoms with E-state index in [2.05, 4.69) is 19.0 Å². The molecule has 96 valence electrons. The highest BCUT2D eigenvalue weighted by Gasteiger charge is 2.19.